The largest absolute Gasteiger partial charge is 0.497 e. The van der Waals surface area contributed by atoms with E-state index in [2.05, 4.69) is 15.5 Å². The Morgan fingerprint density at radius 1 is 1.33 bits per heavy atom. The number of aromatic amines is 1. The molecule has 1 aromatic carbocycles. The third-order valence-corrected chi connectivity index (χ3v) is 4.57. The quantitative estimate of drug-likeness (QED) is 0.884. The summed E-state index contributed by atoms with van der Waals surface area (Å²) in [6.45, 7) is 3.31. The van der Waals surface area contributed by atoms with Gasteiger partial charge in [-0.1, -0.05) is 12.1 Å². The fraction of sp³-hybridized carbons (Fsp3) is 0.444. The fourth-order valence-corrected chi connectivity index (χ4v) is 3.13. The molecule has 6 heteroatoms. The van der Waals surface area contributed by atoms with E-state index in [1.54, 1.807) is 13.3 Å². The minimum absolute atomic E-state index is 0.0541. The number of benzene rings is 1. The van der Waals surface area contributed by atoms with Gasteiger partial charge in [-0.15, -0.1) is 0 Å². The van der Waals surface area contributed by atoms with E-state index in [-0.39, 0.29) is 11.9 Å². The molecule has 128 valence electrons. The van der Waals surface area contributed by atoms with E-state index >= 15 is 0 Å². The zero-order chi connectivity index (χ0) is 16.9. The van der Waals surface area contributed by atoms with Crippen LogP contribution in [0.2, 0.25) is 0 Å². The summed E-state index contributed by atoms with van der Waals surface area (Å²) in [7, 11) is 1.65. The Morgan fingerprint density at radius 2 is 2.04 bits per heavy atom. The Labute approximate surface area is 141 Å². The first-order chi connectivity index (χ1) is 11.7. The van der Waals surface area contributed by atoms with Crippen LogP contribution in [0.1, 0.15) is 40.5 Å². The molecule has 1 fully saturated rings. The fourth-order valence-electron chi connectivity index (χ4n) is 3.13. The number of aryl methyl sites for hydroxylation is 1. The molecule has 1 aromatic heterocycles. The van der Waals surface area contributed by atoms with Gasteiger partial charge in [-0.05, 0) is 43.4 Å². The molecule has 0 bridgehead atoms. The van der Waals surface area contributed by atoms with Crippen molar-refractivity contribution in [1.82, 2.24) is 15.5 Å². The van der Waals surface area contributed by atoms with Gasteiger partial charge in [-0.2, -0.15) is 5.10 Å². The highest BCUT2D eigenvalue weighted by atomic mass is 16.5. The zero-order valence-electron chi connectivity index (χ0n) is 14.0. The molecular formula is C18H23N3O3. The van der Waals surface area contributed by atoms with Crippen LogP contribution in [0.15, 0.2) is 30.5 Å². The molecular weight excluding hydrogens is 306 g/mol. The Bertz CT molecular complexity index is 675. The molecule has 24 heavy (non-hydrogen) atoms. The Morgan fingerprint density at radius 3 is 2.62 bits per heavy atom. The van der Waals surface area contributed by atoms with Crippen molar-refractivity contribution in [2.75, 3.05) is 20.3 Å². The van der Waals surface area contributed by atoms with Crippen LogP contribution in [0.4, 0.5) is 0 Å². The first kappa shape index (κ1) is 16.5. The van der Waals surface area contributed by atoms with E-state index in [0.717, 1.165) is 43.1 Å². The number of carbonyl (C=O) groups is 1. The van der Waals surface area contributed by atoms with Gasteiger partial charge in [0.2, 0.25) is 0 Å². The lowest BCUT2D eigenvalue weighted by Gasteiger charge is -2.31. The highest BCUT2D eigenvalue weighted by Gasteiger charge is 2.28. The first-order valence-corrected chi connectivity index (χ1v) is 8.21. The summed E-state index contributed by atoms with van der Waals surface area (Å²) in [5.74, 6) is 1.05. The van der Waals surface area contributed by atoms with Gasteiger partial charge in [0.15, 0.2) is 0 Å². The molecule has 0 spiro atoms. The summed E-state index contributed by atoms with van der Waals surface area (Å²) in [6, 6.07) is 7.83. The van der Waals surface area contributed by atoms with Gasteiger partial charge in [0.1, 0.15) is 5.75 Å². The maximum atomic E-state index is 12.6. The van der Waals surface area contributed by atoms with Crippen molar-refractivity contribution in [2.45, 2.75) is 25.8 Å². The topological polar surface area (TPSA) is 76.2 Å². The molecule has 1 aliphatic heterocycles. The molecule has 3 rings (SSSR count). The number of ether oxygens (including phenoxy) is 2. The molecule has 6 nitrogen and oxygen atoms in total. The van der Waals surface area contributed by atoms with Gasteiger partial charge in [0.05, 0.1) is 24.9 Å². The van der Waals surface area contributed by atoms with E-state index < -0.39 is 0 Å². The predicted molar refractivity (Wildman–Crippen MR) is 90.1 cm³/mol. The summed E-state index contributed by atoms with van der Waals surface area (Å²) >= 11 is 0. The van der Waals surface area contributed by atoms with Crippen molar-refractivity contribution in [1.29, 1.82) is 0 Å². The monoisotopic (exact) mass is 329 g/mol. The number of carbonyl (C=O) groups excluding carboxylic acids is 1. The number of methoxy groups -OCH3 is 1. The molecule has 1 aliphatic rings. The van der Waals surface area contributed by atoms with Crippen LogP contribution >= 0.6 is 0 Å². The summed E-state index contributed by atoms with van der Waals surface area (Å²) in [5.41, 5.74) is 2.44. The van der Waals surface area contributed by atoms with Crippen LogP contribution in [0, 0.1) is 12.8 Å². The van der Waals surface area contributed by atoms with Crippen molar-refractivity contribution in [2.24, 2.45) is 5.92 Å². The molecule has 0 aliphatic carbocycles. The van der Waals surface area contributed by atoms with Crippen molar-refractivity contribution in [3.05, 3.63) is 47.3 Å². The lowest BCUT2D eigenvalue weighted by molar-refractivity contribution is 0.0514. The molecule has 0 saturated carbocycles. The second-order valence-electron chi connectivity index (χ2n) is 6.08. The third-order valence-electron chi connectivity index (χ3n) is 4.57. The Hall–Kier alpha value is -2.34. The van der Waals surface area contributed by atoms with Gasteiger partial charge in [-0.25, -0.2) is 0 Å². The average Bonchev–Trinajstić information content (AvgIpc) is 3.06. The second-order valence-corrected chi connectivity index (χ2v) is 6.08. The van der Waals surface area contributed by atoms with E-state index in [4.69, 9.17) is 9.47 Å². The van der Waals surface area contributed by atoms with E-state index in [9.17, 15) is 4.79 Å². The maximum absolute atomic E-state index is 12.6. The van der Waals surface area contributed by atoms with Gasteiger partial charge in [0, 0.05) is 18.9 Å². The lowest BCUT2D eigenvalue weighted by Crippen LogP contribution is -2.36. The summed E-state index contributed by atoms with van der Waals surface area (Å²) < 4.78 is 10.7. The molecule has 1 atom stereocenters. The molecule has 0 radical (unpaired) electrons. The lowest BCUT2D eigenvalue weighted by atomic mass is 9.87. The van der Waals surface area contributed by atoms with Crippen LogP contribution < -0.4 is 10.1 Å². The number of nitrogens with one attached hydrogen (secondary N) is 2. The number of aromatic nitrogens is 2. The maximum Gasteiger partial charge on any atom is 0.255 e. The Balaban J connectivity index is 1.83. The average molecular weight is 329 g/mol. The second kappa shape index (κ2) is 7.49. The summed E-state index contributed by atoms with van der Waals surface area (Å²) in [4.78, 5) is 12.6. The Kier molecular flexibility index (Phi) is 5.15. The van der Waals surface area contributed by atoms with E-state index in [0.29, 0.717) is 11.5 Å². The van der Waals surface area contributed by atoms with Crippen LogP contribution in [0.5, 0.6) is 5.75 Å². The summed E-state index contributed by atoms with van der Waals surface area (Å²) in [5, 5.41) is 9.93. The zero-order valence-corrected chi connectivity index (χ0v) is 14.0. The minimum atomic E-state index is -0.103. The first-order valence-electron chi connectivity index (χ1n) is 8.21. The van der Waals surface area contributed by atoms with Crippen molar-refractivity contribution < 1.29 is 14.3 Å². The van der Waals surface area contributed by atoms with Crippen LogP contribution in [0.3, 0.4) is 0 Å². The van der Waals surface area contributed by atoms with Crippen LogP contribution in [-0.4, -0.2) is 36.4 Å². The number of amides is 1. The number of H-pyrrole nitrogens is 1. The minimum Gasteiger partial charge on any atom is -0.497 e. The third kappa shape index (κ3) is 3.59. The number of nitrogens with zero attached hydrogens (tertiary/aromatic N) is 1. The molecule has 1 amide bonds. The SMILES string of the molecule is COc1ccc(C(NC(=O)c2cn[nH]c2C)C2CCOCC2)cc1. The van der Waals surface area contributed by atoms with Crippen LogP contribution in [0.25, 0.3) is 0 Å². The van der Waals surface area contributed by atoms with E-state index in [1.807, 2.05) is 31.2 Å². The van der Waals surface area contributed by atoms with Crippen LogP contribution in [-0.2, 0) is 4.74 Å². The molecule has 1 saturated heterocycles. The number of hydrogen-bond donors (Lipinski definition) is 2. The van der Waals surface area contributed by atoms with Gasteiger partial charge >= 0.3 is 0 Å². The van der Waals surface area contributed by atoms with Gasteiger partial charge < -0.3 is 14.8 Å². The van der Waals surface area contributed by atoms with Crippen molar-refractivity contribution >= 4 is 5.91 Å². The molecule has 2 N–H and O–H groups in total. The van der Waals surface area contributed by atoms with E-state index in [1.165, 1.54) is 0 Å². The predicted octanol–water partition coefficient (Wildman–Crippen LogP) is 2.62. The number of rotatable bonds is 5. The van der Waals surface area contributed by atoms with Crippen molar-refractivity contribution in [3.8, 4) is 5.75 Å². The highest BCUT2D eigenvalue weighted by molar-refractivity contribution is 5.95. The van der Waals surface area contributed by atoms with Gasteiger partial charge in [0.25, 0.3) is 5.91 Å². The smallest absolute Gasteiger partial charge is 0.255 e. The molecule has 2 heterocycles. The highest BCUT2D eigenvalue weighted by Crippen LogP contribution is 2.31. The summed E-state index contributed by atoms with van der Waals surface area (Å²) in [6.07, 6.45) is 3.43. The number of hydrogen-bond acceptors (Lipinski definition) is 4. The standard InChI is InChI=1S/C18H23N3O3/c1-12-16(11-19-21-12)18(22)20-17(14-7-9-24-10-8-14)13-3-5-15(23-2)6-4-13/h3-6,11,14,17H,7-10H2,1-2H3,(H,19,21)(H,20,22). The van der Waals surface area contributed by atoms with Crippen molar-refractivity contribution in [3.63, 3.8) is 0 Å². The normalized spacial score (nSPS) is 16.6. The van der Waals surface area contributed by atoms with Gasteiger partial charge in [-0.3, -0.25) is 9.89 Å². The molecule has 1 unspecified atom stereocenters. The molecule has 2 aromatic rings.